The van der Waals surface area contributed by atoms with Gasteiger partial charge >= 0.3 is 0 Å². The number of benzene rings is 2. The SMILES string of the molecule is COc1cccc(N2CCN(CC(=O)Nc3ccc([N+](=O)[O-])cc3OC)CC2)c1. The lowest BCUT2D eigenvalue weighted by Crippen LogP contribution is -2.48. The Morgan fingerprint density at radius 1 is 1.10 bits per heavy atom. The summed E-state index contributed by atoms with van der Waals surface area (Å²) in [6, 6.07) is 12.0. The van der Waals surface area contributed by atoms with Gasteiger partial charge in [-0.15, -0.1) is 0 Å². The molecule has 1 aliphatic heterocycles. The summed E-state index contributed by atoms with van der Waals surface area (Å²) in [4.78, 5) is 27.1. The van der Waals surface area contributed by atoms with E-state index in [0.717, 1.165) is 37.6 Å². The molecule has 0 unspecified atom stereocenters. The van der Waals surface area contributed by atoms with E-state index in [2.05, 4.69) is 15.1 Å². The Labute approximate surface area is 169 Å². The maximum Gasteiger partial charge on any atom is 0.273 e. The van der Waals surface area contributed by atoms with Crippen molar-refractivity contribution in [2.45, 2.75) is 0 Å². The number of carbonyl (C=O) groups is 1. The molecule has 0 aliphatic carbocycles. The highest BCUT2D eigenvalue weighted by Gasteiger charge is 2.20. The summed E-state index contributed by atoms with van der Waals surface area (Å²) < 4.78 is 10.4. The van der Waals surface area contributed by atoms with E-state index in [0.29, 0.717) is 5.69 Å². The van der Waals surface area contributed by atoms with Gasteiger partial charge in [0.15, 0.2) is 0 Å². The molecule has 0 spiro atoms. The Balaban J connectivity index is 1.54. The average Bonchev–Trinajstić information content (AvgIpc) is 2.74. The molecular weight excluding hydrogens is 376 g/mol. The molecule has 2 aromatic rings. The summed E-state index contributed by atoms with van der Waals surface area (Å²) >= 11 is 0. The van der Waals surface area contributed by atoms with Crippen LogP contribution < -0.4 is 19.7 Å². The third-order valence-electron chi connectivity index (χ3n) is 4.83. The molecule has 1 saturated heterocycles. The fourth-order valence-electron chi connectivity index (χ4n) is 3.26. The zero-order valence-corrected chi connectivity index (χ0v) is 16.5. The van der Waals surface area contributed by atoms with Crippen LogP contribution in [0.3, 0.4) is 0 Å². The van der Waals surface area contributed by atoms with Gasteiger partial charge in [0.2, 0.25) is 5.91 Å². The average molecular weight is 400 g/mol. The van der Waals surface area contributed by atoms with Gasteiger partial charge in [-0.25, -0.2) is 0 Å². The van der Waals surface area contributed by atoms with Crippen molar-refractivity contribution in [3.8, 4) is 11.5 Å². The van der Waals surface area contributed by atoms with Crippen LogP contribution in [0.25, 0.3) is 0 Å². The van der Waals surface area contributed by atoms with Gasteiger partial charge in [-0.05, 0) is 18.2 Å². The Kier molecular flexibility index (Phi) is 6.50. The van der Waals surface area contributed by atoms with Crippen molar-refractivity contribution in [3.05, 3.63) is 52.6 Å². The Hall–Kier alpha value is -3.33. The first-order valence-corrected chi connectivity index (χ1v) is 9.24. The monoisotopic (exact) mass is 400 g/mol. The smallest absolute Gasteiger partial charge is 0.273 e. The molecule has 154 valence electrons. The highest BCUT2D eigenvalue weighted by molar-refractivity contribution is 5.94. The number of anilines is 2. The lowest BCUT2D eigenvalue weighted by Gasteiger charge is -2.35. The van der Waals surface area contributed by atoms with Gasteiger partial charge in [0.05, 0.1) is 37.4 Å². The van der Waals surface area contributed by atoms with Crippen LogP contribution in [-0.2, 0) is 4.79 Å². The lowest BCUT2D eigenvalue weighted by molar-refractivity contribution is -0.384. The number of carbonyl (C=O) groups excluding carboxylic acids is 1. The van der Waals surface area contributed by atoms with E-state index < -0.39 is 4.92 Å². The number of rotatable bonds is 7. The minimum absolute atomic E-state index is 0.0893. The van der Waals surface area contributed by atoms with Crippen LogP contribution in [0, 0.1) is 10.1 Å². The van der Waals surface area contributed by atoms with Gasteiger partial charge in [-0.3, -0.25) is 19.8 Å². The second kappa shape index (κ2) is 9.24. The van der Waals surface area contributed by atoms with Crippen molar-refractivity contribution in [2.75, 3.05) is 57.2 Å². The molecule has 1 heterocycles. The lowest BCUT2D eigenvalue weighted by atomic mass is 10.2. The summed E-state index contributed by atoms with van der Waals surface area (Å²) in [5.74, 6) is 0.892. The van der Waals surface area contributed by atoms with Crippen LogP contribution in [0.5, 0.6) is 11.5 Å². The summed E-state index contributed by atoms with van der Waals surface area (Å²) in [5, 5.41) is 13.6. The molecule has 9 heteroatoms. The molecule has 1 fully saturated rings. The minimum Gasteiger partial charge on any atom is -0.497 e. The molecule has 0 aromatic heterocycles. The maximum atomic E-state index is 12.4. The number of hydrogen-bond acceptors (Lipinski definition) is 7. The fourth-order valence-corrected chi connectivity index (χ4v) is 3.26. The molecule has 0 atom stereocenters. The van der Waals surface area contributed by atoms with Crippen LogP contribution in [0.4, 0.5) is 17.1 Å². The van der Waals surface area contributed by atoms with E-state index in [-0.39, 0.29) is 23.9 Å². The number of piperazine rings is 1. The van der Waals surface area contributed by atoms with E-state index in [1.807, 2.05) is 24.3 Å². The van der Waals surface area contributed by atoms with Gasteiger partial charge < -0.3 is 19.7 Å². The van der Waals surface area contributed by atoms with Crippen LogP contribution in [0.2, 0.25) is 0 Å². The fraction of sp³-hybridized carbons (Fsp3) is 0.350. The number of nitro groups is 1. The molecule has 29 heavy (non-hydrogen) atoms. The van der Waals surface area contributed by atoms with E-state index >= 15 is 0 Å². The Morgan fingerprint density at radius 2 is 1.86 bits per heavy atom. The molecule has 0 bridgehead atoms. The number of hydrogen-bond donors (Lipinski definition) is 1. The number of amides is 1. The Morgan fingerprint density at radius 3 is 2.52 bits per heavy atom. The van der Waals surface area contributed by atoms with Crippen LogP contribution >= 0.6 is 0 Å². The number of methoxy groups -OCH3 is 2. The van der Waals surface area contributed by atoms with Gasteiger partial charge in [-0.1, -0.05) is 6.07 Å². The number of ether oxygens (including phenoxy) is 2. The van der Waals surface area contributed by atoms with Gasteiger partial charge in [0.1, 0.15) is 11.5 Å². The molecule has 2 aromatic carbocycles. The standard InChI is InChI=1S/C20H24N4O5/c1-28-17-5-3-4-15(12-17)23-10-8-22(9-11-23)14-20(25)21-18-7-6-16(24(26)27)13-19(18)29-2/h3-7,12-13H,8-11,14H2,1-2H3,(H,21,25). The predicted molar refractivity (Wildman–Crippen MR) is 110 cm³/mol. The minimum atomic E-state index is -0.504. The zero-order chi connectivity index (χ0) is 20.8. The van der Waals surface area contributed by atoms with Crippen molar-refractivity contribution in [2.24, 2.45) is 0 Å². The summed E-state index contributed by atoms with van der Waals surface area (Å²) in [6.45, 7) is 3.36. The van der Waals surface area contributed by atoms with Gasteiger partial charge in [-0.2, -0.15) is 0 Å². The number of nitro benzene ring substituents is 1. The molecule has 1 amide bonds. The second-order valence-corrected chi connectivity index (χ2v) is 6.65. The summed E-state index contributed by atoms with van der Waals surface area (Å²) in [5.41, 5.74) is 1.43. The molecule has 1 N–H and O–H groups in total. The maximum absolute atomic E-state index is 12.4. The van der Waals surface area contributed by atoms with Crippen molar-refractivity contribution >= 4 is 23.0 Å². The van der Waals surface area contributed by atoms with Crippen LogP contribution in [0.15, 0.2) is 42.5 Å². The summed E-state index contributed by atoms with van der Waals surface area (Å²) in [7, 11) is 3.06. The van der Waals surface area contributed by atoms with Gasteiger partial charge in [0.25, 0.3) is 5.69 Å². The largest absolute Gasteiger partial charge is 0.497 e. The first-order valence-electron chi connectivity index (χ1n) is 9.24. The quantitative estimate of drug-likeness (QED) is 0.563. The third kappa shape index (κ3) is 5.14. The van der Waals surface area contributed by atoms with Crippen molar-refractivity contribution in [1.29, 1.82) is 0 Å². The Bertz CT molecular complexity index is 881. The molecule has 0 radical (unpaired) electrons. The highest BCUT2D eigenvalue weighted by atomic mass is 16.6. The molecular formula is C20H24N4O5. The number of non-ortho nitro benzene ring substituents is 1. The number of nitrogens with one attached hydrogen (secondary N) is 1. The van der Waals surface area contributed by atoms with E-state index in [4.69, 9.17) is 9.47 Å². The zero-order valence-electron chi connectivity index (χ0n) is 16.5. The van der Waals surface area contributed by atoms with Crippen molar-refractivity contribution in [1.82, 2.24) is 4.90 Å². The van der Waals surface area contributed by atoms with Crippen molar-refractivity contribution in [3.63, 3.8) is 0 Å². The predicted octanol–water partition coefficient (Wildman–Crippen LogP) is 2.37. The second-order valence-electron chi connectivity index (χ2n) is 6.65. The first kappa shape index (κ1) is 20.4. The first-order chi connectivity index (χ1) is 14.0. The molecule has 0 saturated carbocycles. The van der Waals surface area contributed by atoms with Crippen molar-refractivity contribution < 1.29 is 19.2 Å². The third-order valence-corrected chi connectivity index (χ3v) is 4.83. The van der Waals surface area contributed by atoms with E-state index in [1.165, 1.54) is 25.3 Å². The highest BCUT2D eigenvalue weighted by Crippen LogP contribution is 2.29. The van der Waals surface area contributed by atoms with Gasteiger partial charge in [0, 0.05) is 44.0 Å². The summed E-state index contributed by atoms with van der Waals surface area (Å²) in [6.07, 6.45) is 0. The van der Waals surface area contributed by atoms with E-state index in [1.54, 1.807) is 7.11 Å². The van der Waals surface area contributed by atoms with Crippen LogP contribution in [-0.4, -0.2) is 62.7 Å². The topological polar surface area (TPSA) is 97.2 Å². The normalized spacial score (nSPS) is 14.3. The molecule has 1 aliphatic rings. The van der Waals surface area contributed by atoms with Crippen LogP contribution in [0.1, 0.15) is 0 Å². The number of nitrogens with zero attached hydrogens (tertiary/aromatic N) is 3. The molecule has 3 rings (SSSR count). The van der Waals surface area contributed by atoms with E-state index in [9.17, 15) is 14.9 Å². The molecule has 9 nitrogen and oxygen atoms in total.